The summed E-state index contributed by atoms with van der Waals surface area (Å²) in [6.07, 6.45) is -0.0820. The average Bonchev–Trinajstić information content (AvgIpc) is 2.93. The smallest absolute Gasteiger partial charge is 0.339 e. The van der Waals surface area contributed by atoms with E-state index in [0.29, 0.717) is 16.7 Å². The monoisotopic (exact) mass is 387 g/mol. The van der Waals surface area contributed by atoms with Gasteiger partial charge >= 0.3 is 5.97 Å². The predicted octanol–water partition coefficient (Wildman–Crippen LogP) is 2.69. The van der Waals surface area contributed by atoms with Gasteiger partial charge in [-0.25, -0.2) is 13.2 Å². The second-order valence-corrected chi connectivity index (χ2v) is 7.66. The average molecular weight is 387 g/mol. The van der Waals surface area contributed by atoms with Crippen LogP contribution in [-0.2, 0) is 25.9 Å². The molecule has 0 aromatic heterocycles. The Kier molecular flexibility index (Phi) is 5.00. The third kappa shape index (κ3) is 3.85. The Hall–Kier alpha value is -3.13. The molecule has 2 aromatic carbocycles. The second kappa shape index (κ2) is 7.24. The van der Waals surface area contributed by atoms with Gasteiger partial charge in [0.25, 0.3) is 0 Å². The number of aromatic hydroxyl groups is 1. The number of oxime groups is 1. The summed E-state index contributed by atoms with van der Waals surface area (Å²) < 4.78 is 29.3. The summed E-state index contributed by atoms with van der Waals surface area (Å²) in [6, 6.07) is 11.1. The van der Waals surface area contributed by atoms with Gasteiger partial charge in [0.1, 0.15) is 0 Å². The minimum Gasteiger partial charge on any atom is -0.504 e. The molecule has 1 N–H and O–H groups in total. The standard InChI is InChI=1S/C19H17NO6S/c1-12(15-11-27(23,24)18-6-4-3-5-14(15)18)20-26-19(22)10-13-7-8-16(21)17(9-13)25-2/h3-9,11,21H,10H2,1-2H3/b20-12+. The van der Waals surface area contributed by atoms with Gasteiger partial charge in [-0.3, -0.25) is 0 Å². The predicted molar refractivity (Wildman–Crippen MR) is 99.2 cm³/mol. The van der Waals surface area contributed by atoms with Crippen LogP contribution >= 0.6 is 0 Å². The minimum atomic E-state index is -3.52. The quantitative estimate of drug-likeness (QED) is 0.481. The molecule has 0 radical (unpaired) electrons. The Morgan fingerprint density at radius 1 is 1.19 bits per heavy atom. The lowest BCUT2D eigenvalue weighted by Gasteiger charge is -2.06. The van der Waals surface area contributed by atoms with Crippen molar-refractivity contribution in [2.75, 3.05) is 7.11 Å². The fraction of sp³-hybridized carbons (Fsp3) is 0.158. The van der Waals surface area contributed by atoms with E-state index < -0.39 is 15.8 Å². The van der Waals surface area contributed by atoms with E-state index in [1.54, 1.807) is 31.2 Å². The van der Waals surface area contributed by atoms with Gasteiger partial charge in [0.05, 0.1) is 24.1 Å². The zero-order chi connectivity index (χ0) is 19.6. The summed E-state index contributed by atoms with van der Waals surface area (Å²) >= 11 is 0. The zero-order valence-corrected chi connectivity index (χ0v) is 15.5. The van der Waals surface area contributed by atoms with Crippen molar-refractivity contribution in [2.24, 2.45) is 5.16 Å². The van der Waals surface area contributed by atoms with E-state index in [4.69, 9.17) is 9.57 Å². The van der Waals surface area contributed by atoms with Crippen LogP contribution in [0.25, 0.3) is 5.57 Å². The molecule has 27 heavy (non-hydrogen) atoms. The van der Waals surface area contributed by atoms with Gasteiger partial charge in [0, 0.05) is 16.5 Å². The molecule has 8 heteroatoms. The highest BCUT2D eigenvalue weighted by molar-refractivity contribution is 7.95. The molecule has 0 saturated heterocycles. The molecular formula is C19H17NO6S. The number of carbonyl (C=O) groups excluding carboxylic acids is 1. The van der Waals surface area contributed by atoms with E-state index in [2.05, 4.69) is 5.16 Å². The lowest BCUT2D eigenvalue weighted by atomic mass is 10.0. The van der Waals surface area contributed by atoms with Crippen molar-refractivity contribution in [1.82, 2.24) is 0 Å². The maximum Gasteiger partial charge on any atom is 0.339 e. The van der Waals surface area contributed by atoms with Crippen molar-refractivity contribution >= 4 is 27.1 Å². The third-order valence-electron chi connectivity index (χ3n) is 4.02. The molecule has 0 bridgehead atoms. The minimum absolute atomic E-state index is 0.0310. The number of sulfone groups is 1. The number of benzene rings is 2. The van der Waals surface area contributed by atoms with Crippen molar-refractivity contribution in [3.8, 4) is 11.5 Å². The van der Waals surface area contributed by atoms with Crippen LogP contribution in [0.1, 0.15) is 18.1 Å². The third-order valence-corrected chi connectivity index (χ3v) is 5.54. The van der Waals surface area contributed by atoms with Gasteiger partial charge in [0.15, 0.2) is 11.5 Å². The molecule has 0 fully saturated rings. The van der Waals surface area contributed by atoms with E-state index in [9.17, 15) is 18.3 Å². The molecule has 0 aliphatic carbocycles. The fourth-order valence-electron chi connectivity index (χ4n) is 2.70. The molecular weight excluding hydrogens is 370 g/mol. The highest BCUT2D eigenvalue weighted by Gasteiger charge is 2.28. The summed E-state index contributed by atoms with van der Waals surface area (Å²) in [4.78, 5) is 17.1. The molecule has 0 atom stereocenters. The lowest BCUT2D eigenvalue weighted by molar-refractivity contribution is -0.142. The number of phenolic OH excluding ortho intramolecular Hbond substituents is 1. The van der Waals surface area contributed by atoms with Crippen LogP contribution in [0.15, 0.2) is 57.9 Å². The number of phenols is 1. The number of carbonyl (C=O) groups is 1. The number of hydrogen-bond donors (Lipinski definition) is 1. The number of hydrogen-bond acceptors (Lipinski definition) is 7. The molecule has 1 heterocycles. The maximum atomic E-state index is 12.2. The molecule has 0 spiro atoms. The van der Waals surface area contributed by atoms with E-state index >= 15 is 0 Å². The Morgan fingerprint density at radius 2 is 1.93 bits per heavy atom. The van der Waals surface area contributed by atoms with E-state index in [1.807, 2.05) is 0 Å². The fourth-order valence-corrected chi connectivity index (χ4v) is 4.19. The van der Waals surface area contributed by atoms with Crippen LogP contribution in [-0.4, -0.2) is 32.3 Å². The molecule has 2 aromatic rings. The van der Waals surface area contributed by atoms with Crippen molar-refractivity contribution in [3.63, 3.8) is 0 Å². The summed E-state index contributed by atoms with van der Waals surface area (Å²) in [7, 11) is -2.11. The lowest BCUT2D eigenvalue weighted by Crippen LogP contribution is -2.06. The molecule has 1 aliphatic heterocycles. The molecule has 0 saturated carbocycles. The van der Waals surface area contributed by atoms with Crippen LogP contribution in [0.3, 0.4) is 0 Å². The normalized spacial score (nSPS) is 15.0. The van der Waals surface area contributed by atoms with Gasteiger partial charge in [-0.1, -0.05) is 29.4 Å². The SMILES string of the molecule is COc1cc(CC(=O)O/N=C(\C)C2=CS(=O)(=O)c3ccccc32)ccc1O. The Balaban J connectivity index is 1.74. The first-order valence-corrected chi connectivity index (χ1v) is 9.53. The van der Waals surface area contributed by atoms with Crippen LogP contribution in [0, 0.1) is 0 Å². The number of nitrogens with zero attached hydrogens (tertiary/aromatic N) is 1. The summed E-state index contributed by atoms with van der Waals surface area (Å²) in [5.41, 5.74) is 1.78. The van der Waals surface area contributed by atoms with Crippen LogP contribution in [0.4, 0.5) is 0 Å². The second-order valence-electron chi connectivity index (χ2n) is 5.90. The summed E-state index contributed by atoms with van der Waals surface area (Å²) in [5, 5.41) is 14.5. The number of methoxy groups -OCH3 is 1. The van der Waals surface area contributed by atoms with Crippen LogP contribution in [0.2, 0.25) is 0 Å². The number of allylic oxidation sites excluding steroid dienone is 1. The summed E-state index contributed by atoms with van der Waals surface area (Å²) in [5.74, 6) is -0.411. The number of rotatable bonds is 5. The van der Waals surface area contributed by atoms with E-state index in [0.717, 1.165) is 5.41 Å². The van der Waals surface area contributed by atoms with Gasteiger partial charge in [-0.2, -0.15) is 0 Å². The van der Waals surface area contributed by atoms with Crippen LogP contribution < -0.4 is 4.74 Å². The highest BCUT2D eigenvalue weighted by Crippen LogP contribution is 2.34. The van der Waals surface area contributed by atoms with Crippen LogP contribution in [0.5, 0.6) is 11.5 Å². The van der Waals surface area contributed by atoms with Gasteiger partial charge in [0.2, 0.25) is 9.84 Å². The van der Waals surface area contributed by atoms with Gasteiger partial charge in [-0.05, 0) is 30.7 Å². The first kappa shape index (κ1) is 18.7. The summed E-state index contributed by atoms with van der Waals surface area (Å²) in [6.45, 7) is 1.57. The zero-order valence-electron chi connectivity index (χ0n) is 14.7. The van der Waals surface area contributed by atoms with E-state index in [1.165, 1.54) is 25.3 Å². The highest BCUT2D eigenvalue weighted by atomic mass is 32.2. The van der Waals surface area contributed by atoms with Crippen molar-refractivity contribution in [1.29, 1.82) is 0 Å². The van der Waals surface area contributed by atoms with Crippen molar-refractivity contribution in [3.05, 3.63) is 59.0 Å². The largest absolute Gasteiger partial charge is 0.504 e. The molecule has 140 valence electrons. The first-order valence-electron chi connectivity index (χ1n) is 7.98. The van der Waals surface area contributed by atoms with Gasteiger partial charge < -0.3 is 14.7 Å². The van der Waals surface area contributed by atoms with Gasteiger partial charge in [-0.15, -0.1) is 0 Å². The maximum absolute atomic E-state index is 12.2. The van der Waals surface area contributed by atoms with E-state index in [-0.39, 0.29) is 28.5 Å². The first-order chi connectivity index (χ1) is 12.8. The van der Waals surface area contributed by atoms with Crippen molar-refractivity contribution in [2.45, 2.75) is 18.2 Å². The topological polar surface area (TPSA) is 102 Å². The number of ether oxygens (including phenoxy) is 1. The molecule has 1 aliphatic rings. The molecule has 0 amide bonds. The van der Waals surface area contributed by atoms with Crippen molar-refractivity contribution < 1.29 is 27.9 Å². The Bertz CT molecular complexity index is 1070. The molecule has 0 unspecified atom stereocenters. The number of fused-ring (bicyclic) bond motifs is 1. The molecule has 7 nitrogen and oxygen atoms in total. The Morgan fingerprint density at radius 3 is 2.67 bits per heavy atom. The molecule has 3 rings (SSSR count). The Labute approximate surface area is 156 Å².